The summed E-state index contributed by atoms with van der Waals surface area (Å²) in [6, 6.07) is 4.26. The molecule has 1 aromatic rings. The lowest BCUT2D eigenvalue weighted by Crippen LogP contribution is -2.25. The van der Waals surface area contributed by atoms with Gasteiger partial charge < -0.3 is 14.9 Å². The van der Waals surface area contributed by atoms with Gasteiger partial charge in [-0.2, -0.15) is 0 Å². The van der Waals surface area contributed by atoms with E-state index in [0.29, 0.717) is 11.8 Å². The molecule has 0 amide bonds. The maximum absolute atomic E-state index is 10.3. The molecule has 4 nitrogen and oxygen atoms in total. The molecule has 0 radical (unpaired) electrons. The summed E-state index contributed by atoms with van der Waals surface area (Å²) in [6.45, 7) is 9.45. The molecule has 0 aromatic heterocycles. The van der Waals surface area contributed by atoms with Crippen molar-refractivity contribution in [2.75, 3.05) is 26.8 Å². The van der Waals surface area contributed by atoms with E-state index in [-0.39, 0.29) is 6.61 Å². The summed E-state index contributed by atoms with van der Waals surface area (Å²) < 4.78 is 5.58. The van der Waals surface area contributed by atoms with Crippen LogP contribution in [0.15, 0.2) is 24.3 Å². The van der Waals surface area contributed by atoms with Crippen LogP contribution in [-0.2, 0) is 6.54 Å². The van der Waals surface area contributed by atoms with E-state index in [1.807, 2.05) is 19.1 Å². The minimum atomic E-state index is -0.391. The van der Waals surface area contributed by atoms with E-state index in [1.54, 1.807) is 7.11 Å². The van der Waals surface area contributed by atoms with Crippen molar-refractivity contribution in [2.45, 2.75) is 58.6 Å². The monoisotopic (exact) mass is 361 g/mol. The van der Waals surface area contributed by atoms with Crippen molar-refractivity contribution in [2.24, 2.45) is 5.92 Å². The smallest absolute Gasteiger partial charge is 0.122 e. The van der Waals surface area contributed by atoms with E-state index in [9.17, 15) is 10.2 Å². The average Bonchev–Trinajstić information content (AvgIpc) is 2.80. The minimum Gasteiger partial charge on any atom is -0.496 e. The van der Waals surface area contributed by atoms with Crippen molar-refractivity contribution >= 4 is 0 Å². The topological polar surface area (TPSA) is 52.9 Å². The number of allylic oxidation sites excluding steroid dienone is 1. The Labute approximate surface area is 158 Å². The Hall–Kier alpha value is -1.36. The Morgan fingerprint density at radius 3 is 2.81 bits per heavy atom. The zero-order valence-electron chi connectivity index (χ0n) is 16.7. The third kappa shape index (κ3) is 5.09. The first kappa shape index (κ1) is 20.9. The summed E-state index contributed by atoms with van der Waals surface area (Å²) in [5, 5.41) is 19.4. The second kappa shape index (κ2) is 10.1. The SMILES string of the molecule is C/C=C\[C@H](O)C[C@H](C)[C@H]1CCN(CCCO)Cc2ccc(OC)c(C)c21. The van der Waals surface area contributed by atoms with E-state index in [4.69, 9.17) is 4.74 Å². The van der Waals surface area contributed by atoms with Crippen molar-refractivity contribution in [1.82, 2.24) is 4.90 Å². The van der Waals surface area contributed by atoms with E-state index in [1.165, 1.54) is 16.7 Å². The van der Waals surface area contributed by atoms with Crippen molar-refractivity contribution in [3.63, 3.8) is 0 Å². The second-order valence-electron chi connectivity index (χ2n) is 7.52. The molecule has 1 aromatic carbocycles. The first-order valence-corrected chi connectivity index (χ1v) is 9.82. The summed E-state index contributed by atoms with van der Waals surface area (Å²) in [7, 11) is 1.73. The number of methoxy groups -OCH3 is 1. The molecule has 1 aliphatic rings. The van der Waals surface area contributed by atoms with Crippen LogP contribution >= 0.6 is 0 Å². The maximum Gasteiger partial charge on any atom is 0.122 e. The third-order valence-electron chi connectivity index (χ3n) is 5.64. The average molecular weight is 362 g/mol. The van der Waals surface area contributed by atoms with Crippen LogP contribution in [0.2, 0.25) is 0 Å². The predicted octanol–water partition coefficient (Wildman–Crippen LogP) is 3.64. The number of aliphatic hydroxyl groups is 2. The number of benzene rings is 1. The molecule has 1 aliphatic heterocycles. The van der Waals surface area contributed by atoms with Crippen LogP contribution in [0.3, 0.4) is 0 Å². The van der Waals surface area contributed by atoms with Gasteiger partial charge in [0.2, 0.25) is 0 Å². The first-order valence-electron chi connectivity index (χ1n) is 9.82. The zero-order chi connectivity index (χ0) is 19.1. The van der Waals surface area contributed by atoms with Crippen molar-refractivity contribution in [1.29, 1.82) is 0 Å². The fourth-order valence-corrected chi connectivity index (χ4v) is 4.33. The van der Waals surface area contributed by atoms with Gasteiger partial charge in [0.25, 0.3) is 0 Å². The van der Waals surface area contributed by atoms with Gasteiger partial charge in [0.1, 0.15) is 5.75 Å². The normalized spacial score (nSPS) is 20.6. The van der Waals surface area contributed by atoms with Crippen molar-refractivity contribution in [3.05, 3.63) is 41.0 Å². The summed E-state index contributed by atoms with van der Waals surface area (Å²) in [4.78, 5) is 2.44. The molecule has 0 bridgehead atoms. The molecule has 0 saturated heterocycles. The Morgan fingerprint density at radius 2 is 2.15 bits per heavy atom. The fourth-order valence-electron chi connectivity index (χ4n) is 4.33. The lowest BCUT2D eigenvalue weighted by Gasteiger charge is -2.28. The Balaban J connectivity index is 2.34. The van der Waals surface area contributed by atoms with Gasteiger partial charge in [-0.1, -0.05) is 25.1 Å². The highest BCUT2D eigenvalue weighted by Gasteiger charge is 2.29. The lowest BCUT2D eigenvalue weighted by molar-refractivity contribution is 0.175. The van der Waals surface area contributed by atoms with E-state index in [2.05, 4.69) is 30.9 Å². The molecule has 2 N–H and O–H groups in total. The lowest BCUT2D eigenvalue weighted by atomic mass is 9.78. The summed E-state index contributed by atoms with van der Waals surface area (Å²) in [5.41, 5.74) is 3.98. The Morgan fingerprint density at radius 1 is 1.38 bits per heavy atom. The van der Waals surface area contributed by atoms with Crippen LogP contribution in [0.4, 0.5) is 0 Å². The number of rotatable bonds is 8. The molecule has 26 heavy (non-hydrogen) atoms. The molecule has 3 atom stereocenters. The number of hydrogen-bond donors (Lipinski definition) is 2. The molecule has 0 saturated carbocycles. The molecule has 0 fully saturated rings. The molecular weight excluding hydrogens is 326 g/mol. The molecule has 0 aliphatic carbocycles. The van der Waals surface area contributed by atoms with Gasteiger partial charge in [-0.25, -0.2) is 0 Å². The van der Waals surface area contributed by atoms with Gasteiger partial charge >= 0.3 is 0 Å². The van der Waals surface area contributed by atoms with Crippen molar-refractivity contribution in [3.8, 4) is 5.75 Å². The number of ether oxygens (including phenoxy) is 1. The second-order valence-corrected chi connectivity index (χ2v) is 7.52. The summed E-state index contributed by atoms with van der Waals surface area (Å²) >= 11 is 0. The first-order chi connectivity index (χ1) is 12.5. The molecule has 4 heteroatoms. The van der Waals surface area contributed by atoms with Gasteiger partial charge in [-0.15, -0.1) is 0 Å². The third-order valence-corrected chi connectivity index (χ3v) is 5.64. The van der Waals surface area contributed by atoms with Crippen LogP contribution in [-0.4, -0.2) is 48.0 Å². The van der Waals surface area contributed by atoms with E-state index >= 15 is 0 Å². The number of fused-ring (bicyclic) bond motifs is 1. The van der Waals surface area contributed by atoms with Crippen molar-refractivity contribution < 1.29 is 14.9 Å². The summed E-state index contributed by atoms with van der Waals surface area (Å²) in [5.74, 6) is 1.72. The molecule has 2 rings (SSSR count). The van der Waals surface area contributed by atoms with Gasteiger partial charge in [0.05, 0.1) is 13.2 Å². The van der Waals surface area contributed by atoms with E-state index < -0.39 is 6.10 Å². The van der Waals surface area contributed by atoms with Crippen LogP contribution < -0.4 is 4.74 Å². The highest BCUT2D eigenvalue weighted by molar-refractivity contribution is 5.47. The van der Waals surface area contributed by atoms with Crippen LogP contribution in [0.5, 0.6) is 5.75 Å². The molecular formula is C22H35NO3. The largest absolute Gasteiger partial charge is 0.496 e. The van der Waals surface area contributed by atoms with Gasteiger partial charge in [0, 0.05) is 19.7 Å². The molecule has 0 spiro atoms. The standard InChI is InChI=1S/C22H35NO3/c1-5-7-19(25)14-16(2)20-10-12-23(11-6-13-24)15-18-8-9-21(26-4)17(3)22(18)20/h5,7-9,16,19-20,24-25H,6,10-15H2,1-4H3/b7-5-/t16-,19-,20+/m0/s1. The van der Waals surface area contributed by atoms with Crippen LogP contribution in [0, 0.1) is 12.8 Å². The molecule has 146 valence electrons. The maximum atomic E-state index is 10.3. The number of hydrogen-bond acceptors (Lipinski definition) is 4. The predicted molar refractivity (Wildman–Crippen MR) is 107 cm³/mol. The highest BCUT2D eigenvalue weighted by atomic mass is 16.5. The van der Waals surface area contributed by atoms with Gasteiger partial charge in [-0.3, -0.25) is 4.90 Å². The number of nitrogens with zero attached hydrogens (tertiary/aromatic N) is 1. The minimum absolute atomic E-state index is 0.236. The fraction of sp³-hybridized carbons (Fsp3) is 0.636. The van der Waals surface area contributed by atoms with Gasteiger partial charge in [0.15, 0.2) is 0 Å². The Kier molecular flexibility index (Phi) is 8.14. The quantitative estimate of drug-likeness (QED) is 0.694. The highest BCUT2D eigenvalue weighted by Crippen LogP contribution is 2.40. The van der Waals surface area contributed by atoms with Crippen LogP contribution in [0.1, 0.15) is 55.7 Å². The summed E-state index contributed by atoms with van der Waals surface area (Å²) in [6.07, 6.45) is 6.05. The zero-order valence-corrected chi connectivity index (χ0v) is 16.7. The van der Waals surface area contributed by atoms with Crippen LogP contribution in [0.25, 0.3) is 0 Å². The number of aliphatic hydroxyl groups excluding tert-OH is 2. The molecule has 1 heterocycles. The Bertz CT molecular complexity index is 599. The molecule has 0 unspecified atom stereocenters. The van der Waals surface area contributed by atoms with E-state index in [0.717, 1.165) is 44.6 Å². The van der Waals surface area contributed by atoms with Gasteiger partial charge in [-0.05, 0) is 74.2 Å².